The minimum atomic E-state index is 0.226. The molecule has 0 spiro atoms. The van der Waals surface area contributed by atoms with Crippen molar-refractivity contribution < 1.29 is 4.79 Å². The molecule has 1 aromatic carbocycles. The zero-order chi connectivity index (χ0) is 13.2. The van der Waals surface area contributed by atoms with Gasteiger partial charge in [-0.2, -0.15) is 0 Å². The van der Waals surface area contributed by atoms with Gasteiger partial charge in [-0.1, -0.05) is 17.7 Å². The molecular formula is C15H15NOS2. The summed E-state index contributed by atoms with van der Waals surface area (Å²) in [6.07, 6.45) is 2.67. The number of thiazole rings is 1. The summed E-state index contributed by atoms with van der Waals surface area (Å²) in [6, 6.07) is 8.52. The molecule has 0 atom stereocenters. The number of carbonyl (C=O) groups is 1. The number of aryl methyl sites for hydroxylation is 2. The van der Waals surface area contributed by atoms with Crippen molar-refractivity contribution in [1.82, 2.24) is 4.98 Å². The standard InChI is InChI=1S/C15H15NOS2/c1-10-5-7-11(8-6-10)18-9-14-16-15-12(17)3-2-4-13(15)19-14/h5-8H,2-4,9H2,1H3. The van der Waals surface area contributed by atoms with Crippen molar-refractivity contribution in [2.75, 3.05) is 0 Å². The van der Waals surface area contributed by atoms with Gasteiger partial charge in [0.25, 0.3) is 0 Å². The lowest BCUT2D eigenvalue weighted by molar-refractivity contribution is 0.0968. The molecule has 2 nitrogen and oxygen atoms in total. The van der Waals surface area contributed by atoms with Crippen LogP contribution < -0.4 is 0 Å². The second-order valence-corrected chi connectivity index (χ2v) is 6.97. The van der Waals surface area contributed by atoms with Crippen LogP contribution in [0.25, 0.3) is 0 Å². The number of fused-ring (bicyclic) bond motifs is 1. The van der Waals surface area contributed by atoms with Crippen LogP contribution in [0.15, 0.2) is 29.2 Å². The van der Waals surface area contributed by atoms with E-state index in [1.54, 1.807) is 23.1 Å². The first-order chi connectivity index (χ1) is 9.22. The van der Waals surface area contributed by atoms with Crippen LogP contribution in [-0.2, 0) is 12.2 Å². The largest absolute Gasteiger partial charge is 0.292 e. The minimum absolute atomic E-state index is 0.226. The van der Waals surface area contributed by atoms with Crippen molar-refractivity contribution in [1.29, 1.82) is 0 Å². The summed E-state index contributed by atoms with van der Waals surface area (Å²) in [4.78, 5) is 18.7. The number of hydrogen-bond acceptors (Lipinski definition) is 4. The van der Waals surface area contributed by atoms with Crippen molar-refractivity contribution in [3.8, 4) is 0 Å². The van der Waals surface area contributed by atoms with Gasteiger partial charge in [0.1, 0.15) is 10.7 Å². The topological polar surface area (TPSA) is 30.0 Å². The zero-order valence-electron chi connectivity index (χ0n) is 10.8. The molecule has 1 aliphatic carbocycles. The van der Waals surface area contributed by atoms with Gasteiger partial charge in [-0.3, -0.25) is 4.79 Å². The normalized spacial score (nSPS) is 14.5. The van der Waals surface area contributed by atoms with E-state index in [9.17, 15) is 4.79 Å². The van der Waals surface area contributed by atoms with Crippen LogP contribution in [0.3, 0.4) is 0 Å². The molecule has 0 radical (unpaired) electrons. The maximum atomic E-state index is 11.7. The smallest absolute Gasteiger partial charge is 0.182 e. The Morgan fingerprint density at radius 3 is 2.79 bits per heavy atom. The molecule has 0 unspecified atom stereocenters. The highest BCUT2D eigenvalue weighted by atomic mass is 32.2. The van der Waals surface area contributed by atoms with Crippen LogP contribution in [-0.4, -0.2) is 10.8 Å². The molecule has 0 fully saturated rings. The number of nitrogens with zero attached hydrogens (tertiary/aromatic N) is 1. The summed E-state index contributed by atoms with van der Waals surface area (Å²) in [5, 5.41) is 1.07. The third-order valence-corrected chi connectivity index (χ3v) is 5.52. The highest BCUT2D eigenvalue weighted by molar-refractivity contribution is 7.98. The Labute approximate surface area is 121 Å². The Morgan fingerprint density at radius 1 is 1.26 bits per heavy atom. The molecule has 0 saturated carbocycles. The summed E-state index contributed by atoms with van der Waals surface area (Å²) in [5.74, 6) is 1.08. The Bertz CT molecular complexity index is 601. The molecule has 0 aliphatic heterocycles. The van der Waals surface area contributed by atoms with Gasteiger partial charge in [0.2, 0.25) is 0 Å². The number of rotatable bonds is 3. The van der Waals surface area contributed by atoms with Gasteiger partial charge in [0, 0.05) is 16.2 Å². The Hall–Kier alpha value is -1.13. The molecule has 1 aliphatic rings. The highest BCUT2D eigenvalue weighted by Gasteiger charge is 2.21. The Morgan fingerprint density at radius 2 is 2.05 bits per heavy atom. The summed E-state index contributed by atoms with van der Waals surface area (Å²) < 4.78 is 0. The summed E-state index contributed by atoms with van der Waals surface area (Å²) in [7, 11) is 0. The van der Waals surface area contributed by atoms with Crippen molar-refractivity contribution in [2.24, 2.45) is 0 Å². The Kier molecular flexibility index (Phi) is 3.71. The number of ketones is 1. The first kappa shape index (κ1) is 12.9. The minimum Gasteiger partial charge on any atom is -0.292 e. The predicted octanol–water partition coefficient (Wildman–Crippen LogP) is 4.26. The van der Waals surface area contributed by atoms with E-state index in [1.807, 2.05) is 0 Å². The maximum Gasteiger partial charge on any atom is 0.182 e. The van der Waals surface area contributed by atoms with Crippen molar-refractivity contribution in [3.05, 3.63) is 45.4 Å². The van der Waals surface area contributed by atoms with E-state index in [-0.39, 0.29) is 5.78 Å². The van der Waals surface area contributed by atoms with Gasteiger partial charge in [0.15, 0.2) is 5.78 Å². The van der Waals surface area contributed by atoms with Crippen LogP contribution >= 0.6 is 23.1 Å². The molecular weight excluding hydrogens is 274 g/mol. The molecule has 98 valence electrons. The lowest BCUT2D eigenvalue weighted by Gasteiger charge is -2.06. The summed E-state index contributed by atoms with van der Waals surface area (Å²) >= 11 is 3.49. The van der Waals surface area contributed by atoms with E-state index in [4.69, 9.17) is 0 Å². The van der Waals surface area contributed by atoms with Gasteiger partial charge in [0.05, 0.1) is 5.75 Å². The molecule has 0 saturated heterocycles. The maximum absolute atomic E-state index is 11.7. The lowest BCUT2D eigenvalue weighted by Crippen LogP contribution is -2.08. The van der Waals surface area contributed by atoms with E-state index in [2.05, 4.69) is 36.2 Å². The van der Waals surface area contributed by atoms with E-state index in [0.717, 1.165) is 29.3 Å². The third kappa shape index (κ3) is 2.90. The fourth-order valence-corrected chi connectivity index (χ4v) is 4.18. The third-order valence-electron chi connectivity index (χ3n) is 3.20. The van der Waals surface area contributed by atoms with E-state index < -0.39 is 0 Å². The second-order valence-electron chi connectivity index (χ2n) is 4.76. The van der Waals surface area contributed by atoms with Crippen molar-refractivity contribution >= 4 is 28.9 Å². The number of benzene rings is 1. The van der Waals surface area contributed by atoms with Gasteiger partial charge in [-0.15, -0.1) is 23.1 Å². The molecule has 2 aromatic rings. The molecule has 1 aromatic heterocycles. The van der Waals surface area contributed by atoms with Crippen LogP contribution in [0.1, 0.15) is 38.8 Å². The molecule has 0 amide bonds. The molecule has 4 heteroatoms. The van der Waals surface area contributed by atoms with Crippen LogP contribution in [0.2, 0.25) is 0 Å². The van der Waals surface area contributed by atoms with Crippen LogP contribution in [0.4, 0.5) is 0 Å². The highest BCUT2D eigenvalue weighted by Crippen LogP contribution is 2.30. The van der Waals surface area contributed by atoms with Crippen molar-refractivity contribution in [3.63, 3.8) is 0 Å². The van der Waals surface area contributed by atoms with Crippen molar-refractivity contribution in [2.45, 2.75) is 36.8 Å². The average molecular weight is 289 g/mol. The predicted molar refractivity (Wildman–Crippen MR) is 80.1 cm³/mol. The number of Topliss-reactive ketones (excluding diaryl/α,β-unsaturated/α-hetero) is 1. The first-order valence-electron chi connectivity index (χ1n) is 6.43. The van der Waals surface area contributed by atoms with Gasteiger partial charge < -0.3 is 0 Å². The zero-order valence-corrected chi connectivity index (χ0v) is 12.4. The average Bonchev–Trinajstić information content (AvgIpc) is 2.83. The summed E-state index contributed by atoms with van der Waals surface area (Å²) in [6.45, 7) is 2.09. The first-order valence-corrected chi connectivity index (χ1v) is 8.24. The fourth-order valence-electron chi connectivity index (χ4n) is 2.16. The molecule has 0 bridgehead atoms. The SMILES string of the molecule is Cc1ccc(SCc2nc3c(s2)CCCC3=O)cc1. The van der Waals surface area contributed by atoms with Gasteiger partial charge >= 0.3 is 0 Å². The molecule has 19 heavy (non-hydrogen) atoms. The molecule has 1 heterocycles. The van der Waals surface area contributed by atoms with Crippen LogP contribution in [0, 0.1) is 6.92 Å². The van der Waals surface area contributed by atoms with Gasteiger partial charge in [-0.25, -0.2) is 4.98 Å². The van der Waals surface area contributed by atoms with E-state index >= 15 is 0 Å². The lowest BCUT2D eigenvalue weighted by atomic mass is 10.0. The molecule has 3 rings (SSSR count). The van der Waals surface area contributed by atoms with Crippen LogP contribution in [0.5, 0.6) is 0 Å². The quantitative estimate of drug-likeness (QED) is 0.791. The second kappa shape index (κ2) is 5.47. The molecule has 0 N–H and O–H groups in total. The fraction of sp³-hybridized carbons (Fsp3) is 0.333. The van der Waals surface area contributed by atoms with E-state index in [0.29, 0.717) is 6.42 Å². The number of hydrogen-bond donors (Lipinski definition) is 0. The number of carbonyl (C=O) groups excluding carboxylic acids is 1. The number of aromatic nitrogens is 1. The van der Waals surface area contributed by atoms with E-state index in [1.165, 1.54) is 15.3 Å². The summed E-state index contributed by atoms with van der Waals surface area (Å²) in [5.41, 5.74) is 2.02. The van der Waals surface area contributed by atoms with Gasteiger partial charge in [-0.05, 0) is 31.9 Å². The Balaban J connectivity index is 1.70. The number of thioether (sulfide) groups is 1. The monoisotopic (exact) mass is 289 g/mol.